The quantitative estimate of drug-likeness (QED) is 0.694. The number of hydrazone groups is 1. The van der Waals surface area contributed by atoms with Crippen molar-refractivity contribution in [1.82, 2.24) is 15.2 Å². The highest BCUT2D eigenvalue weighted by Gasteiger charge is 2.05. The molecule has 0 fully saturated rings. The fourth-order valence-corrected chi connectivity index (χ4v) is 2.08. The molecule has 0 aliphatic rings. The van der Waals surface area contributed by atoms with Crippen molar-refractivity contribution in [2.45, 2.75) is 20.4 Å². The Bertz CT molecular complexity index is 694. The minimum absolute atomic E-state index is 0.123. The highest BCUT2D eigenvalue weighted by Crippen LogP contribution is 2.21. The molecule has 0 aliphatic heterocycles. The van der Waals surface area contributed by atoms with Crippen LogP contribution in [0.1, 0.15) is 17.0 Å². The highest BCUT2D eigenvalue weighted by molar-refractivity contribution is 6.42. The van der Waals surface area contributed by atoms with Crippen molar-refractivity contribution in [2.75, 3.05) is 0 Å². The number of nitrogens with one attached hydrogen (secondary N) is 1. The standard InChI is InChI=1S/C14H14Cl2N4O/c1-9-5-10(2)20(19-9)8-14(21)18-17-7-11-3-4-12(15)13(16)6-11/h3-7H,8H2,1-2H3,(H,18,21)/b17-7+. The second kappa shape index (κ2) is 6.74. The summed E-state index contributed by atoms with van der Waals surface area (Å²) in [6.45, 7) is 3.90. The third-order valence-corrected chi connectivity index (χ3v) is 3.48. The SMILES string of the molecule is Cc1cc(C)n(CC(=O)N/N=C/c2ccc(Cl)c(Cl)c2)n1. The molecule has 0 atom stereocenters. The van der Waals surface area contributed by atoms with Crippen LogP contribution >= 0.6 is 23.2 Å². The van der Waals surface area contributed by atoms with E-state index in [1.54, 1.807) is 22.9 Å². The van der Waals surface area contributed by atoms with Crippen LogP contribution in [0, 0.1) is 13.8 Å². The molecular weight excluding hydrogens is 311 g/mol. The van der Waals surface area contributed by atoms with Gasteiger partial charge in [-0.05, 0) is 37.6 Å². The topological polar surface area (TPSA) is 59.3 Å². The van der Waals surface area contributed by atoms with E-state index >= 15 is 0 Å². The van der Waals surface area contributed by atoms with Gasteiger partial charge in [0, 0.05) is 5.69 Å². The minimum atomic E-state index is -0.252. The van der Waals surface area contributed by atoms with Gasteiger partial charge in [-0.15, -0.1) is 0 Å². The normalized spacial score (nSPS) is 11.0. The molecule has 0 saturated heterocycles. The summed E-state index contributed by atoms with van der Waals surface area (Å²) < 4.78 is 1.62. The summed E-state index contributed by atoms with van der Waals surface area (Å²) >= 11 is 11.7. The van der Waals surface area contributed by atoms with E-state index in [1.165, 1.54) is 6.21 Å². The molecule has 1 heterocycles. The number of carbonyl (C=O) groups excluding carboxylic acids is 1. The number of hydrogen-bond donors (Lipinski definition) is 1. The number of aromatic nitrogens is 2. The van der Waals surface area contributed by atoms with E-state index in [2.05, 4.69) is 15.6 Å². The Labute approximate surface area is 132 Å². The first-order chi connectivity index (χ1) is 9.95. The zero-order valence-electron chi connectivity index (χ0n) is 11.6. The predicted octanol–water partition coefficient (Wildman–Crippen LogP) is 2.96. The Morgan fingerprint density at radius 1 is 1.33 bits per heavy atom. The van der Waals surface area contributed by atoms with Gasteiger partial charge < -0.3 is 0 Å². The van der Waals surface area contributed by atoms with Crippen molar-refractivity contribution in [3.63, 3.8) is 0 Å². The van der Waals surface area contributed by atoms with Crippen LogP contribution < -0.4 is 5.43 Å². The van der Waals surface area contributed by atoms with Crippen molar-refractivity contribution >= 4 is 35.3 Å². The number of carbonyl (C=O) groups is 1. The fourth-order valence-electron chi connectivity index (χ4n) is 1.78. The van der Waals surface area contributed by atoms with Gasteiger partial charge in [-0.25, -0.2) is 5.43 Å². The minimum Gasteiger partial charge on any atom is -0.271 e. The lowest BCUT2D eigenvalue weighted by molar-refractivity contribution is -0.121. The summed E-state index contributed by atoms with van der Waals surface area (Å²) in [5.41, 5.74) is 4.99. The number of aryl methyl sites for hydroxylation is 2. The van der Waals surface area contributed by atoms with Crippen molar-refractivity contribution in [3.8, 4) is 0 Å². The number of rotatable bonds is 4. The molecule has 1 amide bonds. The molecule has 0 spiro atoms. The van der Waals surface area contributed by atoms with Crippen LogP contribution in [-0.2, 0) is 11.3 Å². The number of nitrogens with zero attached hydrogens (tertiary/aromatic N) is 3. The first-order valence-corrected chi connectivity index (χ1v) is 6.99. The number of benzene rings is 1. The molecule has 5 nitrogen and oxygen atoms in total. The Morgan fingerprint density at radius 3 is 2.71 bits per heavy atom. The van der Waals surface area contributed by atoms with E-state index in [0.29, 0.717) is 10.0 Å². The Morgan fingerprint density at radius 2 is 2.10 bits per heavy atom. The molecule has 110 valence electrons. The van der Waals surface area contributed by atoms with E-state index in [1.807, 2.05) is 19.9 Å². The van der Waals surface area contributed by atoms with Gasteiger partial charge in [0.1, 0.15) is 6.54 Å². The highest BCUT2D eigenvalue weighted by atomic mass is 35.5. The summed E-state index contributed by atoms with van der Waals surface area (Å²) in [7, 11) is 0. The van der Waals surface area contributed by atoms with Gasteiger partial charge in [-0.3, -0.25) is 9.48 Å². The summed E-state index contributed by atoms with van der Waals surface area (Å²) in [6, 6.07) is 7.00. The molecule has 0 bridgehead atoms. The van der Waals surface area contributed by atoms with Gasteiger partial charge in [0.15, 0.2) is 0 Å². The van der Waals surface area contributed by atoms with Crippen LogP contribution in [0.25, 0.3) is 0 Å². The molecule has 2 aromatic rings. The third kappa shape index (κ3) is 4.31. The fraction of sp³-hybridized carbons (Fsp3) is 0.214. The van der Waals surface area contributed by atoms with Crippen LogP contribution in [-0.4, -0.2) is 21.9 Å². The molecule has 1 aromatic heterocycles. The van der Waals surface area contributed by atoms with Crippen molar-refractivity contribution in [1.29, 1.82) is 0 Å². The molecule has 0 radical (unpaired) electrons. The summed E-state index contributed by atoms with van der Waals surface area (Å²) in [6.07, 6.45) is 1.50. The first kappa shape index (κ1) is 15.5. The van der Waals surface area contributed by atoms with E-state index in [4.69, 9.17) is 23.2 Å². The van der Waals surface area contributed by atoms with Crippen LogP contribution in [0.2, 0.25) is 10.0 Å². The van der Waals surface area contributed by atoms with Crippen LogP contribution in [0.15, 0.2) is 29.4 Å². The molecule has 0 aliphatic carbocycles. The maximum Gasteiger partial charge on any atom is 0.261 e. The van der Waals surface area contributed by atoms with Gasteiger partial charge in [0.2, 0.25) is 0 Å². The summed E-state index contributed by atoms with van der Waals surface area (Å²) in [5.74, 6) is -0.252. The molecule has 21 heavy (non-hydrogen) atoms. The van der Waals surface area contributed by atoms with Crippen molar-refractivity contribution in [3.05, 3.63) is 51.3 Å². The molecular formula is C14H14Cl2N4O. The zero-order valence-corrected chi connectivity index (χ0v) is 13.1. The lowest BCUT2D eigenvalue weighted by Gasteiger charge is -2.02. The Hall–Kier alpha value is -1.85. The molecule has 1 N–H and O–H groups in total. The van der Waals surface area contributed by atoms with Crippen molar-refractivity contribution in [2.24, 2.45) is 5.10 Å². The van der Waals surface area contributed by atoms with Crippen molar-refractivity contribution < 1.29 is 4.79 Å². The number of hydrogen-bond acceptors (Lipinski definition) is 3. The largest absolute Gasteiger partial charge is 0.271 e. The predicted molar refractivity (Wildman–Crippen MR) is 83.9 cm³/mol. The molecule has 1 aromatic carbocycles. The summed E-state index contributed by atoms with van der Waals surface area (Å²) in [4.78, 5) is 11.8. The van der Waals surface area contributed by atoms with E-state index in [0.717, 1.165) is 17.0 Å². The molecule has 2 rings (SSSR count). The second-order valence-electron chi connectivity index (χ2n) is 4.55. The molecule has 7 heteroatoms. The average Bonchev–Trinajstić information content (AvgIpc) is 2.72. The van der Waals surface area contributed by atoms with Crippen LogP contribution in [0.3, 0.4) is 0 Å². The lowest BCUT2D eigenvalue weighted by atomic mass is 10.2. The average molecular weight is 325 g/mol. The van der Waals surface area contributed by atoms with Crippen LogP contribution in [0.5, 0.6) is 0 Å². The smallest absolute Gasteiger partial charge is 0.261 e. The first-order valence-electron chi connectivity index (χ1n) is 6.23. The lowest BCUT2D eigenvalue weighted by Crippen LogP contribution is -2.24. The number of amides is 1. The van der Waals surface area contributed by atoms with Gasteiger partial charge in [0.25, 0.3) is 5.91 Å². The Kier molecular flexibility index (Phi) is 4.98. The van der Waals surface area contributed by atoms with Gasteiger partial charge in [0.05, 0.1) is 22.0 Å². The maximum atomic E-state index is 11.8. The Balaban J connectivity index is 1.93. The molecule has 0 unspecified atom stereocenters. The van der Waals surface area contributed by atoms with E-state index in [9.17, 15) is 4.79 Å². The second-order valence-corrected chi connectivity index (χ2v) is 5.37. The third-order valence-electron chi connectivity index (χ3n) is 2.74. The number of halogens is 2. The van der Waals surface area contributed by atoms with Gasteiger partial charge in [-0.2, -0.15) is 10.2 Å². The van der Waals surface area contributed by atoms with E-state index < -0.39 is 0 Å². The summed E-state index contributed by atoms with van der Waals surface area (Å²) in [5, 5.41) is 9.00. The van der Waals surface area contributed by atoms with Gasteiger partial charge >= 0.3 is 0 Å². The molecule has 0 saturated carbocycles. The monoisotopic (exact) mass is 324 g/mol. The van der Waals surface area contributed by atoms with Crippen LogP contribution in [0.4, 0.5) is 0 Å². The van der Waals surface area contributed by atoms with Gasteiger partial charge in [-0.1, -0.05) is 29.3 Å². The maximum absolute atomic E-state index is 11.8. The zero-order chi connectivity index (χ0) is 15.4. The van der Waals surface area contributed by atoms with E-state index in [-0.39, 0.29) is 12.5 Å².